The van der Waals surface area contributed by atoms with Gasteiger partial charge in [0.05, 0.1) is 4.99 Å². The van der Waals surface area contributed by atoms with E-state index in [9.17, 15) is 0 Å². The van der Waals surface area contributed by atoms with E-state index in [2.05, 4.69) is 4.98 Å². The number of nitrogens with zero attached hydrogens (tertiary/aromatic N) is 1. The molecule has 1 aromatic heterocycles. The van der Waals surface area contributed by atoms with Crippen LogP contribution < -0.4 is 10.5 Å². The van der Waals surface area contributed by atoms with Crippen molar-refractivity contribution >= 4 is 17.2 Å². The Labute approximate surface area is 112 Å². The summed E-state index contributed by atoms with van der Waals surface area (Å²) in [4.78, 5) is 4.53. The number of nitrogens with two attached hydrogens (primary N) is 1. The van der Waals surface area contributed by atoms with Gasteiger partial charge in [-0.25, -0.2) is 0 Å². The third-order valence-electron chi connectivity index (χ3n) is 2.43. The zero-order chi connectivity index (χ0) is 12.8. The first-order valence-electron chi connectivity index (χ1n) is 5.63. The summed E-state index contributed by atoms with van der Waals surface area (Å²) in [5.41, 5.74) is 7.63. The minimum atomic E-state index is 0.499. The quantitative estimate of drug-likeness (QED) is 0.837. The molecule has 0 unspecified atom stereocenters. The van der Waals surface area contributed by atoms with Gasteiger partial charge < -0.3 is 10.5 Å². The molecule has 0 spiro atoms. The standard InChI is InChI=1S/C14H14N2OS/c15-14(18)8-11-3-5-13(6-4-11)17-10-12-2-1-7-16-9-12/h1-7,9H,8,10H2,(H2,15,18). The van der Waals surface area contributed by atoms with E-state index in [4.69, 9.17) is 22.7 Å². The number of thiocarbonyl (C=S) groups is 1. The Bertz CT molecular complexity index is 511. The Morgan fingerprint density at radius 1 is 1.17 bits per heavy atom. The van der Waals surface area contributed by atoms with Crippen LogP contribution in [-0.2, 0) is 13.0 Å². The molecule has 4 heteroatoms. The highest BCUT2D eigenvalue weighted by atomic mass is 32.1. The first-order chi connectivity index (χ1) is 8.74. The van der Waals surface area contributed by atoms with E-state index in [0.29, 0.717) is 18.0 Å². The first kappa shape index (κ1) is 12.5. The molecule has 2 aromatic rings. The van der Waals surface area contributed by atoms with E-state index in [1.54, 1.807) is 12.4 Å². The highest BCUT2D eigenvalue weighted by Gasteiger charge is 1.98. The second kappa shape index (κ2) is 6.12. The van der Waals surface area contributed by atoms with Crippen molar-refractivity contribution in [3.8, 4) is 5.75 Å². The molecule has 1 heterocycles. The predicted molar refractivity (Wildman–Crippen MR) is 75.5 cm³/mol. The highest BCUT2D eigenvalue weighted by Crippen LogP contribution is 2.14. The van der Waals surface area contributed by atoms with E-state index < -0.39 is 0 Å². The number of hydrogen-bond donors (Lipinski definition) is 1. The van der Waals surface area contributed by atoms with Gasteiger partial charge in [-0.05, 0) is 23.8 Å². The fourth-order valence-electron chi connectivity index (χ4n) is 1.55. The summed E-state index contributed by atoms with van der Waals surface area (Å²) in [5, 5.41) is 0. The zero-order valence-corrected chi connectivity index (χ0v) is 10.7. The molecule has 18 heavy (non-hydrogen) atoms. The fraction of sp³-hybridized carbons (Fsp3) is 0.143. The van der Waals surface area contributed by atoms with Crippen LogP contribution in [0.5, 0.6) is 5.75 Å². The summed E-state index contributed by atoms with van der Waals surface area (Å²) < 4.78 is 5.65. The maximum absolute atomic E-state index is 5.65. The monoisotopic (exact) mass is 258 g/mol. The molecule has 0 bridgehead atoms. The third kappa shape index (κ3) is 3.82. The number of rotatable bonds is 5. The van der Waals surface area contributed by atoms with Crippen LogP contribution in [0.2, 0.25) is 0 Å². The molecule has 1 aromatic carbocycles. The molecular weight excluding hydrogens is 244 g/mol. The number of aromatic nitrogens is 1. The molecule has 0 fully saturated rings. The molecular formula is C14H14N2OS. The Balaban J connectivity index is 1.92. The lowest BCUT2D eigenvalue weighted by Crippen LogP contribution is -2.10. The van der Waals surface area contributed by atoms with Gasteiger partial charge in [-0.3, -0.25) is 4.98 Å². The highest BCUT2D eigenvalue weighted by molar-refractivity contribution is 7.80. The van der Waals surface area contributed by atoms with Gasteiger partial charge in [0.15, 0.2) is 0 Å². The van der Waals surface area contributed by atoms with Gasteiger partial charge in [0.1, 0.15) is 12.4 Å². The fourth-order valence-corrected chi connectivity index (χ4v) is 1.72. The van der Waals surface area contributed by atoms with Crippen molar-refractivity contribution in [2.24, 2.45) is 5.73 Å². The van der Waals surface area contributed by atoms with E-state index >= 15 is 0 Å². The molecule has 2 N–H and O–H groups in total. The summed E-state index contributed by atoms with van der Waals surface area (Å²) in [7, 11) is 0. The van der Waals surface area contributed by atoms with E-state index in [-0.39, 0.29) is 0 Å². The molecule has 92 valence electrons. The van der Waals surface area contributed by atoms with Gasteiger partial charge in [0.25, 0.3) is 0 Å². The van der Waals surface area contributed by atoms with Crippen LogP contribution in [-0.4, -0.2) is 9.97 Å². The van der Waals surface area contributed by atoms with E-state index in [0.717, 1.165) is 16.9 Å². The third-order valence-corrected chi connectivity index (χ3v) is 2.57. The van der Waals surface area contributed by atoms with Crippen LogP contribution in [0.3, 0.4) is 0 Å². The largest absolute Gasteiger partial charge is 0.489 e. The van der Waals surface area contributed by atoms with Crippen LogP contribution in [0, 0.1) is 0 Å². The normalized spacial score (nSPS) is 10.0. The minimum absolute atomic E-state index is 0.499. The van der Waals surface area contributed by atoms with Gasteiger partial charge >= 0.3 is 0 Å². The predicted octanol–water partition coefficient (Wildman–Crippen LogP) is 2.49. The van der Waals surface area contributed by atoms with Crippen molar-refractivity contribution in [1.29, 1.82) is 0 Å². The van der Waals surface area contributed by atoms with Crippen molar-refractivity contribution in [3.63, 3.8) is 0 Å². The number of pyridine rings is 1. The van der Waals surface area contributed by atoms with Crippen LogP contribution >= 0.6 is 12.2 Å². The Hall–Kier alpha value is -1.94. The Morgan fingerprint density at radius 3 is 2.56 bits per heavy atom. The molecule has 0 atom stereocenters. The molecule has 2 rings (SSSR count). The van der Waals surface area contributed by atoms with E-state index in [1.165, 1.54) is 0 Å². The number of benzene rings is 1. The number of hydrogen-bond acceptors (Lipinski definition) is 3. The SMILES string of the molecule is NC(=S)Cc1ccc(OCc2cccnc2)cc1. The summed E-state index contributed by atoms with van der Waals surface area (Å²) >= 11 is 4.87. The second-order valence-electron chi connectivity index (χ2n) is 3.94. The lowest BCUT2D eigenvalue weighted by Gasteiger charge is -2.06. The summed E-state index contributed by atoms with van der Waals surface area (Å²) in [5.74, 6) is 0.825. The van der Waals surface area contributed by atoms with Crippen molar-refractivity contribution in [1.82, 2.24) is 4.98 Å². The van der Waals surface area contributed by atoms with Crippen LogP contribution in [0.15, 0.2) is 48.8 Å². The molecule has 0 aliphatic rings. The number of ether oxygens (including phenoxy) is 1. The lowest BCUT2D eigenvalue weighted by atomic mass is 10.1. The van der Waals surface area contributed by atoms with E-state index in [1.807, 2.05) is 36.4 Å². The van der Waals surface area contributed by atoms with Gasteiger partial charge in [-0.2, -0.15) is 0 Å². The Morgan fingerprint density at radius 2 is 1.94 bits per heavy atom. The zero-order valence-electron chi connectivity index (χ0n) is 9.87. The summed E-state index contributed by atoms with van der Waals surface area (Å²) in [6.07, 6.45) is 4.16. The van der Waals surface area contributed by atoms with Gasteiger partial charge in [-0.15, -0.1) is 0 Å². The van der Waals surface area contributed by atoms with Crippen molar-refractivity contribution in [2.45, 2.75) is 13.0 Å². The van der Waals surface area contributed by atoms with Gasteiger partial charge in [0, 0.05) is 24.4 Å². The first-order valence-corrected chi connectivity index (χ1v) is 6.04. The van der Waals surface area contributed by atoms with Gasteiger partial charge in [0.2, 0.25) is 0 Å². The smallest absolute Gasteiger partial charge is 0.119 e. The molecule has 0 aliphatic heterocycles. The van der Waals surface area contributed by atoms with Crippen molar-refractivity contribution in [2.75, 3.05) is 0 Å². The second-order valence-corrected chi connectivity index (χ2v) is 4.46. The van der Waals surface area contributed by atoms with Crippen LogP contribution in [0.25, 0.3) is 0 Å². The summed E-state index contributed by atoms with van der Waals surface area (Å²) in [6, 6.07) is 11.7. The van der Waals surface area contributed by atoms with Crippen molar-refractivity contribution in [3.05, 3.63) is 59.9 Å². The van der Waals surface area contributed by atoms with Gasteiger partial charge in [-0.1, -0.05) is 30.4 Å². The maximum atomic E-state index is 5.65. The average Bonchev–Trinajstić information content (AvgIpc) is 2.38. The Kier molecular flexibility index (Phi) is 4.25. The molecule has 0 aliphatic carbocycles. The molecule has 0 saturated heterocycles. The lowest BCUT2D eigenvalue weighted by molar-refractivity contribution is 0.305. The average molecular weight is 258 g/mol. The molecule has 0 radical (unpaired) electrons. The maximum Gasteiger partial charge on any atom is 0.119 e. The van der Waals surface area contributed by atoms with Crippen LogP contribution in [0.1, 0.15) is 11.1 Å². The molecule has 0 saturated carbocycles. The molecule has 0 amide bonds. The van der Waals surface area contributed by atoms with Crippen molar-refractivity contribution < 1.29 is 4.74 Å². The topological polar surface area (TPSA) is 48.1 Å². The van der Waals surface area contributed by atoms with Crippen LogP contribution in [0.4, 0.5) is 0 Å². The minimum Gasteiger partial charge on any atom is -0.489 e. The summed E-state index contributed by atoms with van der Waals surface area (Å²) in [6.45, 7) is 0.516. The molecule has 3 nitrogen and oxygen atoms in total.